The molecule has 150 valence electrons. The van der Waals surface area contributed by atoms with E-state index < -0.39 is 5.97 Å². The summed E-state index contributed by atoms with van der Waals surface area (Å²) in [5.74, 6) is 6.71. The summed E-state index contributed by atoms with van der Waals surface area (Å²) in [5, 5.41) is 9.01. The van der Waals surface area contributed by atoms with Crippen molar-refractivity contribution in [2.24, 2.45) is 0 Å². The quantitative estimate of drug-likeness (QED) is 0.496. The molecule has 1 heterocycles. The normalized spacial score (nSPS) is 14.2. The predicted octanol–water partition coefficient (Wildman–Crippen LogP) is 4.20. The molecule has 0 bridgehead atoms. The molecule has 3 aromatic rings. The Hall–Kier alpha value is -3.91. The van der Waals surface area contributed by atoms with Gasteiger partial charge in [0.15, 0.2) is 0 Å². The summed E-state index contributed by atoms with van der Waals surface area (Å²) in [6.45, 7) is 0.782. The molecule has 0 saturated carbocycles. The summed E-state index contributed by atoms with van der Waals surface area (Å²) >= 11 is 0. The third-order valence-corrected chi connectivity index (χ3v) is 4.86. The molecule has 0 aliphatic carbocycles. The summed E-state index contributed by atoms with van der Waals surface area (Å²) in [6.07, 6.45) is 0.0661. The number of hydrogen-bond donors (Lipinski definition) is 2. The van der Waals surface area contributed by atoms with Crippen LogP contribution >= 0.6 is 0 Å². The number of ether oxygens (including phenoxy) is 2. The number of hydrogen-bond acceptors (Lipinski definition) is 4. The first kappa shape index (κ1) is 19.4. The highest BCUT2D eigenvalue weighted by molar-refractivity contribution is 5.68. The molecule has 0 radical (unpaired) electrons. The van der Waals surface area contributed by atoms with Gasteiger partial charge in [0.2, 0.25) is 0 Å². The molecule has 0 aromatic heterocycles. The van der Waals surface area contributed by atoms with E-state index in [1.54, 1.807) is 0 Å². The first-order valence-corrected chi connectivity index (χ1v) is 9.65. The Morgan fingerprint density at radius 2 is 1.83 bits per heavy atom. The van der Waals surface area contributed by atoms with Gasteiger partial charge in [-0.05, 0) is 42.0 Å². The maximum Gasteiger partial charge on any atom is 0.304 e. The molecular formula is C25H21NO4. The Labute approximate surface area is 175 Å². The van der Waals surface area contributed by atoms with Crippen molar-refractivity contribution in [3.63, 3.8) is 0 Å². The number of fused-ring (bicyclic) bond motifs is 1. The second-order valence-electron chi connectivity index (χ2n) is 7.17. The lowest BCUT2D eigenvalue weighted by Crippen LogP contribution is -2.07. The van der Waals surface area contributed by atoms with Gasteiger partial charge in [-0.15, -0.1) is 0 Å². The maximum absolute atomic E-state index is 11.0. The number of carbonyl (C=O) groups is 1. The number of carboxylic acid groups (broad SMARTS) is 1. The van der Waals surface area contributed by atoms with Gasteiger partial charge in [0.25, 0.3) is 0 Å². The molecule has 3 aromatic carbocycles. The molecule has 3 N–H and O–H groups in total. The van der Waals surface area contributed by atoms with E-state index in [1.807, 2.05) is 66.7 Å². The van der Waals surface area contributed by atoms with E-state index in [0.717, 1.165) is 22.3 Å². The van der Waals surface area contributed by atoms with Gasteiger partial charge in [0.1, 0.15) is 18.1 Å². The fraction of sp³-hybridized carbons (Fsp3) is 0.160. The maximum atomic E-state index is 11.0. The number of anilines is 1. The van der Waals surface area contributed by atoms with Gasteiger partial charge in [-0.3, -0.25) is 4.79 Å². The van der Waals surface area contributed by atoms with E-state index in [0.29, 0.717) is 30.4 Å². The highest BCUT2D eigenvalue weighted by Crippen LogP contribution is 2.38. The number of nitrogens with two attached hydrogens (primary N) is 1. The Bertz CT molecular complexity index is 1140. The smallest absolute Gasteiger partial charge is 0.304 e. The van der Waals surface area contributed by atoms with Crippen molar-refractivity contribution < 1.29 is 19.4 Å². The van der Waals surface area contributed by atoms with Crippen LogP contribution in [0.5, 0.6) is 11.5 Å². The van der Waals surface area contributed by atoms with E-state index in [1.165, 1.54) is 0 Å². The lowest BCUT2D eigenvalue weighted by atomic mass is 9.98. The zero-order chi connectivity index (χ0) is 20.9. The lowest BCUT2D eigenvalue weighted by molar-refractivity contribution is -0.137. The largest absolute Gasteiger partial charge is 0.492 e. The fourth-order valence-corrected chi connectivity index (χ4v) is 3.39. The van der Waals surface area contributed by atoms with Crippen LogP contribution in [0.25, 0.3) is 0 Å². The van der Waals surface area contributed by atoms with Crippen molar-refractivity contribution in [3.8, 4) is 23.3 Å². The molecular weight excluding hydrogens is 378 g/mol. The average molecular weight is 399 g/mol. The first-order chi connectivity index (χ1) is 14.6. The minimum Gasteiger partial charge on any atom is -0.492 e. The van der Waals surface area contributed by atoms with E-state index in [9.17, 15) is 4.79 Å². The number of carboxylic acids is 1. The van der Waals surface area contributed by atoms with Gasteiger partial charge < -0.3 is 20.3 Å². The Balaban J connectivity index is 1.42. The van der Waals surface area contributed by atoms with Gasteiger partial charge in [-0.25, -0.2) is 0 Å². The van der Waals surface area contributed by atoms with Crippen LogP contribution in [0.1, 0.15) is 34.6 Å². The van der Waals surface area contributed by atoms with Crippen molar-refractivity contribution in [2.45, 2.75) is 18.9 Å². The molecule has 1 aliphatic heterocycles. The Morgan fingerprint density at radius 1 is 1.07 bits per heavy atom. The summed E-state index contributed by atoms with van der Waals surface area (Å²) in [6, 6.07) is 20.9. The Kier molecular flexibility index (Phi) is 5.58. The van der Waals surface area contributed by atoms with Crippen LogP contribution in [0.2, 0.25) is 0 Å². The minimum atomic E-state index is -0.824. The van der Waals surface area contributed by atoms with Gasteiger partial charge in [0, 0.05) is 34.4 Å². The SMILES string of the molecule is Nc1cccc(C#Cc2cccc(COc3ccc4c(c3)OCC4CC(=O)O)c2)c1. The number of rotatable bonds is 5. The predicted molar refractivity (Wildman–Crippen MR) is 115 cm³/mol. The van der Waals surface area contributed by atoms with Crippen LogP contribution in [-0.2, 0) is 11.4 Å². The third-order valence-electron chi connectivity index (χ3n) is 4.86. The summed E-state index contributed by atoms with van der Waals surface area (Å²) in [7, 11) is 0. The molecule has 1 unspecified atom stereocenters. The van der Waals surface area contributed by atoms with E-state index >= 15 is 0 Å². The third kappa shape index (κ3) is 4.73. The number of aliphatic carboxylic acids is 1. The van der Waals surface area contributed by atoms with E-state index in [-0.39, 0.29) is 12.3 Å². The molecule has 0 amide bonds. The van der Waals surface area contributed by atoms with E-state index in [2.05, 4.69) is 11.8 Å². The molecule has 0 fully saturated rings. The molecule has 5 nitrogen and oxygen atoms in total. The second-order valence-corrected chi connectivity index (χ2v) is 7.17. The number of benzene rings is 3. The molecule has 1 atom stereocenters. The monoisotopic (exact) mass is 399 g/mol. The first-order valence-electron chi connectivity index (χ1n) is 9.65. The van der Waals surface area contributed by atoms with Gasteiger partial charge in [-0.2, -0.15) is 0 Å². The molecule has 4 rings (SSSR count). The van der Waals surface area contributed by atoms with Crippen LogP contribution in [0, 0.1) is 11.8 Å². The molecule has 0 spiro atoms. The summed E-state index contributed by atoms with van der Waals surface area (Å²) in [4.78, 5) is 11.0. The molecule has 0 saturated heterocycles. The summed E-state index contributed by atoms with van der Waals surface area (Å²) in [5.41, 5.74) is 10.2. The fourth-order valence-electron chi connectivity index (χ4n) is 3.39. The second kappa shape index (κ2) is 8.62. The van der Waals surface area contributed by atoms with E-state index in [4.69, 9.17) is 20.3 Å². The topological polar surface area (TPSA) is 81.8 Å². The number of nitrogen functional groups attached to an aromatic ring is 1. The lowest BCUT2D eigenvalue weighted by Gasteiger charge is -2.09. The molecule has 5 heteroatoms. The van der Waals surface area contributed by atoms with Crippen molar-refractivity contribution in [1.29, 1.82) is 0 Å². The summed E-state index contributed by atoms with van der Waals surface area (Å²) < 4.78 is 11.5. The van der Waals surface area contributed by atoms with Crippen molar-refractivity contribution in [3.05, 3.63) is 89.0 Å². The van der Waals surface area contributed by atoms with Gasteiger partial charge in [-0.1, -0.05) is 36.1 Å². The minimum absolute atomic E-state index is 0.0661. The van der Waals surface area contributed by atoms with Crippen molar-refractivity contribution in [1.82, 2.24) is 0 Å². The standard InChI is InChI=1S/C25H21NO4/c26-21-6-2-4-18(12-21)8-7-17-3-1-5-19(11-17)15-29-22-9-10-23-20(13-25(27)28)16-30-24(23)14-22/h1-6,9-12,14,20H,13,15-16,26H2,(H,27,28). The van der Waals surface area contributed by atoms with Gasteiger partial charge >= 0.3 is 5.97 Å². The van der Waals surface area contributed by atoms with Crippen LogP contribution < -0.4 is 15.2 Å². The highest BCUT2D eigenvalue weighted by Gasteiger charge is 2.26. The van der Waals surface area contributed by atoms with Crippen LogP contribution in [-0.4, -0.2) is 17.7 Å². The van der Waals surface area contributed by atoms with Crippen LogP contribution in [0.3, 0.4) is 0 Å². The van der Waals surface area contributed by atoms with Crippen molar-refractivity contribution in [2.75, 3.05) is 12.3 Å². The average Bonchev–Trinajstić information content (AvgIpc) is 3.12. The van der Waals surface area contributed by atoms with Gasteiger partial charge in [0.05, 0.1) is 13.0 Å². The molecule has 1 aliphatic rings. The molecule has 30 heavy (non-hydrogen) atoms. The Morgan fingerprint density at radius 3 is 2.60 bits per heavy atom. The zero-order valence-electron chi connectivity index (χ0n) is 16.3. The van der Waals surface area contributed by atoms with Crippen LogP contribution in [0.15, 0.2) is 66.7 Å². The zero-order valence-corrected chi connectivity index (χ0v) is 16.3. The van der Waals surface area contributed by atoms with Crippen molar-refractivity contribution >= 4 is 11.7 Å². The van der Waals surface area contributed by atoms with Crippen LogP contribution in [0.4, 0.5) is 5.69 Å². The highest BCUT2D eigenvalue weighted by atomic mass is 16.5.